The number of piperidine rings is 1. The lowest BCUT2D eigenvalue weighted by Gasteiger charge is -2.40. The van der Waals surface area contributed by atoms with Crippen LogP contribution in [-0.2, 0) is 4.74 Å². The van der Waals surface area contributed by atoms with Crippen LogP contribution in [0.2, 0.25) is 5.02 Å². The minimum absolute atomic E-state index is 0.000858. The van der Waals surface area contributed by atoms with Crippen LogP contribution in [0.1, 0.15) is 62.9 Å². The number of anilines is 2. The van der Waals surface area contributed by atoms with Crippen molar-refractivity contribution in [3.8, 4) is 6.07 Å². The Kier molecular flexibility index (Phi) is 8.11. The predicted molar refractivity (Wildman–Crippen MR) is 162 cm³/mol. The van der Waals surface area contributed by atoms with Crippen LogP contribution < -0.4 is 9.80 Å². The molecule has 5 rings (SSSR count). The molecule has 3 saturated heterocycles. The fourth-order valence-corrected chi connectivity index (χ4v) is 6.67. The number of carbonyl (C=O) groups excluding carboxylic acids is 2. The van der Waals surface area contributed by atoms with Gasteiger partial charge in [-0.05, 0) is 94.8 Å². The Bertz CT molecular complexity index is 1320. The Morgan fingerprint density at radius 2 is 1.56 bits per heavy atom. The van der Waals surface area contributed by atoms with Gasteiger partial charge in [0.1, 0.15) is 11.7 Å². The average molecular weight is 578 g/mol. The molecule has 218 valence electrons. The van der Waals surface area contributed by atoms with Gasteiger partial charge in [-0.3, -0.25) is 4.79 Å². The molecule has 3 aliphatic heterocycles. The topological polar surface area (TPSA) is 80.1 Å². The zero-order valence-corrected chi connectivity index (χ0v) is 25.3. The number of amides is 2. The van der Waals surface area contributed by atoms with Gasteiger partial charge in [0.05, 0.1) is 10.6 Å². The lowest BCUT2D eigenvalue weighted by Crippen LogP contribution is -2.51. The van der Waals surface area contributed by atoms with Crippen LogP contribution in [0.4, 0.5) is 16.2 Å². The second kappa shape index (κ2) is 11.4. The highest BCUT2D eigenvalue weighted by molar-refractivity contribution is 6.32. The number of hydrogen-bond acceptors (Lipinski definition) is 6. The Morgan fingerprint density at radius 3 is 2.15 bits per heavy atom. The summed E-state index contributed by atoms with van der Waals surface area (Å²) in [5.41, 5.74) is 3.17. The fraction of sp³-hybridized carbons (Fsp3) is 0.531. The molecular formula is C32H40ClN5O3. The van der Waals surface area contributed by atoms with E-state index in [9.17, 15) is 14.9 Å². The maximum absolute atomic E-state index is 13.1. The quantitative estimate of drug-likeness (QED) is 0.459. The molecule has 1 atom stereocenters. The molecule has 1 spiro atoms. The van der Waals surface area contributed by atoms with Crippen molar-refractivity contribution in [2.45, 2.75) is 58.6 Å². The van der Waals surface area contributed by atoms with E-state index < -0.39 is 5.60 Å². The van der Waals surface area contributed by atoms with Crippen LogP contribution >= 0.6 is 11.6 Å². The molecule has 8 nitrogen and oxygen atoms in total. The summed E-state index contributed by atoms with van der Waals surface area (Å²) in [7, 11) is 0. The van der Waals surface area contributed by atoms with Crippen molar-refractivity contribution in [2.75, 3.05) is 55.6 Å². The number of rotatable bonds is 3. The van der Waals surface area contributed by atoms with Crippen LogP contribution in [0.5, 0.6) is 0 Å². The largest absolute Gasteiger partial charge is 0.444 e. The number of piperazine rings is 1. The van der Waals surface area contributed by atoms with Crippen molar-refractivity contribution in [3.63, 3.8) is 0 Å². The summed E-state index contributed by atoms with van der Waals surface area (Å²) in [6.07, 6.45) is 3.05. The van der Waals surface area contributed by atoms with Crippen LogP contribution in [0.3, 0.4) is 0 Å². The number of carbonyl (C=O) groups is 2. The number of ether oxygens (including phenoxy) is 1. The molecule has 3 heterocycles. The van der Waals surface area contributed by atoms with Gasteiger partial charge in [-0.25, -0.2) is 4.79 Å². The van der Waals surface area contributed by atoms with Crippen molar-refractivity contribution in [1.29, 1.82) is 5.26 Å². The minimum atomic E-state index is -0.530. The highest BCUT2D eigenvalue weighted by Crippen LogP contribution is 2.46. The minimum Gasteiger partial charge on any atom is -0.444 e. The molecule has 3 fully saturated rings. The molecular weight excluding hydrogens is 538 g/mol. The van der Waals surface area contributed by atoms with Gasteiger partial charge in [0.15, 0.2) is 0 Å². The number of nitrogens with zero attached hydrogens (tertiary/aromatic N) is 5. The van der Waals surface area contributed by atoms with Crippen LogP contribution in [0, 0.1) is 16.7 Å². The molecule has 1 unspecified atom stereocenters. The zero-order chi connectivity index (χ0) is 29.4. The maximum Gasteiger partial charge on any atom is 0.410 e. The number of nitriles is 1. The molecule has 2 aromatic rings. The van der Waals surface area contributed by atoms with Gasteiger partial charge in [-0.15, -0.1) is 0 Å². The first-order valence-electron chi connectivity index (χ1n) is 14.6. The van der Waals surface area contributed by atoms with E-state index in [1.807, 2.05) is 56.0 Å². The summed E-state index contributed by atoms with van der Waals surface area (Å²) < 4.78 is 5.46. The average Bonchev–Trinajstić information content (AvgIpc) is 3.27. The van der Waals surface area contributed by atoms with Gasteiger partial charge in [0.2, 0.25) is 0 Å². The lowest BCUT2D eigenvalue weighted by atomic mass is 9.76. The summed E-state index contributed by atoms with van der Waals surface area (Å²) >= 11 is 6.33. The van der Waals surface area contributed by atoms with Crippen molar-refractivity contribution in [2.24, 2.45) is 5.41 Å². The molecule has 41 heavy (non-hydrogen) atoms. The molecule has 0 aliphatic carbocycles. The third-order valence-corrected chi connectivity index (χ3v) is 9.01. The van der Waals surface area contributed by atoms with Gasteiger partial charge in [-0.1, -0.05) is 11.6 Å². The molecule has 0 saturated carbocycles. The van der Waals surface area contributed by atoms with Gasteiger partial charge >= 0.3 is 6.09 Å². The van der Waals surface area contributed by atoms with Crippen molar-refractivity contribution < 1.29 is 14.3 Å². The van der Waals surface area contributed by atoms with Crippen LogP contribution in [-0.4, -0.2) is 79.3 Å². The Balaban J connectivity index is 1.14. The van der Waals surface area contributed by atoms with E-state index in [4.69, 9.17) is 16.3 Å². The van der Waals surface area contributed by atoms with E-state index in [2.05, 4.69) is 34.9 Å². The Hall–Kier alpha value is -3.44. The molecule has 9 heteroatoms. The molecule has 0 N–H and O–H groups in total. The number of hydrogen-bond donors (Lipinski definition) is 0. The first-order valence-corrected chi connectivity index (χ1v) is 14.9. The molecule has 3 aliphatic rings. The zero-order valence-electron chi connectivity index (χ0n) is 24.5. The van der Waals surface area contributed by atoms with Gasteiger partial charge in [-0.2, -0.15) is 5.26 Å². The third-order valence-electron chi connectivity index (χ3n) is 8.69. The first kappa shape index (κ1) is 29.1. The third kappa shape index (κ3) is 6.41. The van der Waals surface area contributed by atoms with Crippen molar-refractivity contribution in [3.05, 3.63) is 58.6 Å². The maximum atomic E-state index is 13.1. The van der Waals surface area contributed by atoms with Crippen LogP contribution in [0.15, 0.2) is 42.5 Å². The fourth-order valence-electron chi connectivity index (χ4n) is 6.46. The molecule has 2 aromatic carbocycles. The second-order valence-corrected chi connectivity index (χ2v) is 13.2. The summed E-state index contributed by atoms with van der Waals surface area (Å²) in [6.45, 7) is 12.8. The summed E-state index contributed by atoms with van der Waals surface area (Å²) in [6, 6.07) is 16.3. The second-order valence-electron chi connectivity index (χ2n) is 12.8. The summed E-state index contributed by atoms with van der Waals surface area (Å²) in [5, 5.41) is 9.72. The van der Waals surface area contributed by atoms with E-state index in [0.29, 0.717) is 48.4 Å². The first-order chi connectivity index (χ1) is 19.5. The van der Waals surface area contributed by atoms with E-state index >= 15 is 0 Å². The van der Waals surface area contributed by atoms with Crippen molar-refractivity contribution >= 4 is 35.0 Å². The van der Waals surface area contributed by atoms with Crippen LogP contribution in [0.25, 0.3) is 0 Å². The number of halogens is 1. The van der Waals surface area contributed by atoms with Crippen molar-refractivity contribution in [1.82, 2.24) is 9.80 Å². The summed E-state index contributed by atoms with van der Waals surface area (Å²) in [5.74, 6) is 0.000858. The highest BCUT2D eigenvalue weighted by atomic mass is 35.5. The molecule has 2 amide bonds. The monoisotopic (exact) mass is 577 g/mol. The molecule has 0 bridgehead atoms. The van der Waals surface area contributed by atoms with E-state index in [-0.39, 0.29) is 17.4 Å². The van der Waals surface area contributed by atoms with E-state index in [0.717, 1.165) is 50.3 Å². The smallest absolute Gasteiger partial charge is 0.410 e. The highest BCUT2D eigenvalue weighted by Gasteiger charge is 2.44. The van der Waals surface area contributed by atoms with Gasteiger partial charge in [0, 0.05) is 68.8 Å². The SMILES string of the molecule is CC1CC2(CCN(c3ccc(C(=O)N4CCN(C(=O)OC(C)(C)C)CC4)cc3)CC2)CN1c1ccc(C#N)c(Cl)c1. The molecule has 0 radical (unpaired) electrons. The standard InChI is InChI=1S/C32H40ClN5O3/c1-23-20-32(22-38(23)27-10-7-25(21-34)28(33)19-27)11-13-35(14-12-32)26-8-5-24(6-9-26)29(39)36-15-17-37(18-16-36)30(40)41-31(2,3)4/h5-10,19,23H,11-18,20,22H2,1-4H3. The van der Waals surface area contributed by atoms with Gasteiger partial charge < -0.3 is 24.3 Å². The van der Waals surface area contributed by atoms with E-state index in [1.54, 1.807) is 4.90 Å². The van der Waals surface area contributed by atoms with E-state index in [1.165, 1.54) is 0 Å². The predicted octanol–water partition coefficient (Wildman–Crippen LogP) is 5.79. The normalized spacial score (nSPS) is 20.7. The summed E-state index contributed by atoms with van der Waals surface area (Å²) in [4.78, 5) is 33.8. The number of benzene rings is 2. The Labute approximate surface area is 248 Å². The lowest BCUT2D eigenvalue weighted by molar-refractivity contribution is 0.0141. The Morgan fingerprint density at radius 1 is 0.951 bits per heavy atom. The molecule has 0 aromatic heterocycles. The van der Waals surface area contributed by atoms with Gasteiger partial charge in [0.25, 0.3) is 5.91 Å².